The molecule has 15 heavy (non-hydrogen) atoms. The van der Waals surface area contributed by atoms with Crippen molar-refractivity contribution in [2.75, 3.05) is 0 Å². The first-order chi connectivity index (χ1) is 7.18. The molecule has 2 aromatic rings. The molecule has 0 unspecified atom stereocenters. The number of hydrogen-bond donors (Lipinski definition) is 2. The van der Waals surface area contributed by atoms with Crippen LogP contribution in [-0.4, -0.2) is 10.2 Å². The summed E-state index contributed by atoms with van der Waals surface area (Å²) in [7, 11) is 0. The van der Waals surface area contributed by atoms with Crippen LogP contribution in [0.15, 0.2) is 46.9 Å². The predicted molar refractivity (Wildman–Crippen MR) is 62.9 cm³/mol. The first kappa shape index (κ1) is 10.1. The minimum Gasteiger partial charge on any atom is -0.507 e. The summed E-state index contributed by atoms with van der Waals surface area (Å²) in [6, 6.07) is 12.4. The second-order valence-corrected chi connectivity index (χ2v) is 4.10. The van der Waals surface area contributed by atoms with Gasteiger partial charge in [0.25, 0.3) is 0 Å². The molecule has 2 N–H and O–H groups in total. The van der Waals surface area contributed by atoms with E-state index in [-0.39, 0.29) is 11.5 Å². The fraction of sp³-hybridized carbons (Fsp3) is 0. The molecule has 0 aliphatic carbocycles. The third-order valence-corrected chi connectivity index (χ3v) is 2.58. The van der Waals surface area contributed by atoms with E-state index in [0.29, 0.717) is 10.0 Å². The Hall–Kier alpha value is -1.48. The van der Waals surface area contributed by atoms with Crippen LogP contribution < -0.4 is 0 Å². The summed E-state index contributed by atoms with van der Waals surface area (Å²) >= 11 is 3.20. The molecule has 0 fully saturated rings. The van der Waals surface area contributed by atoms with Gasteiger partial charge < -0.3 is 10.2 Å². The Labute approximate surface area is 95.9 Å². The van der Waals surface area contributed by atoms with Crippen LogP contribution in [0.4, 0.5) is 0 Å². The maximum absolute atomic E-state index is 9.74. The lowest BCUT2D eigenvalue weighted by molar-refractivity contribution is 0.453. The summed E-state index contributed by atoms with van der Waals surface area (Å²) in [6.45, 7) is 0. The zero-order valence-electron chi connectivity index (χ0n) is 7.81. The van der Waals surface area contributed by atoms with Gasteiger partial charge in [0.15, 0.2) is 0 Å². The highest BCUT2D eigenvalue weighted by Crippen LogP contribution is 2.39. The highest BCUT2D eigenvalue weighted by Gasteiger charge is 2.10. The second kappa shape index (κ2) is 3.95. The molecule has 0 bridgehead atoms. The van der Waals surface area contributed by atoms with E-state index in [1.54, 1.807) is 12.1 Å². The number of phenolic OH excluding ortho intramolecular Hbond substituents is 2. The van der Waals surface area contributed by atoms with Crippen molar-refractivity contribution in [1.82, 2.24) is 0 Å². The van der Waals surface area contributed by atoms with E-state index >= 15 is 0 Å². The summed E-state index contributed by atoms with van der Waals surface area (Å²) in [4.78, 5) is 0. The van der Waals surface area contributed by atoms with Crippen molar-refractivity contribution in [2.45, 2.75) is 0 Å². The molecule has 3 heteroatoms. The molecule has 0 saturated heterocycles. The maximum Gasteiger partial charge on any atom is 0.128 e. The fourth-order valence-corrected chi connectivity index (χ4v) is 1.91. The van der Waals surface area contributed by atoms with Crippen LogP contribution in [0.3, 0.4) is 0 Å². The Morgan fingerprint density at radius 1 is 0.867 bits per heavy atom. The number of aromatic hydroxyl groups is 2. The normalized spacial score (nSPS) is 10.2. The molecule has 2 rings (SSSR count). The van der Waals surface area contributed by atoms with Gasteiger partial charge in [-0.3, -0.25) is 0 Å². The van der Waals surface area contributed by atoms with Crippen molar-refractivity contribution in [2.24, 2.45) is 0 Å². The summed E-state index contributed by atoms with van der Waals surface area (Å²) in [5.41, 5.74) is 1.25. The van der Waals surface area contributed by atoms with Crippen molar-refractivity contribution >= 4 is 15.9 Å². The van der Waals surface area contributed by atoms with Crippen molar-refractivity contribution in [3.63, 3.8) is 0 Å². The molecule has 0 radical (unpaired) electrons. The third-order valence-electron chi connectivity index (χ3n) is 2.12. The van der Waals surface area contributed by atoms with E-state index in [4.69, 9.17) is 0 Å². The highest BCUT2D eigenvalue weighted by atomic mass is 79.9. The number of benzene rings is 2. The average molecular weight is 265 g/mol. The molecule has 0 saturated carbocycles. The predicted octanol–water partition coefficient (Wildman–Crippen LogP) is 3.53. The monoisotopic (exact) mass is 264 g/mol. The zero-order valence-corrected chi connectivity index (χ0v) is 9.40. The summed E-state index contributed by atoms with van der Waals surface area (Å²) in [6.07, 6.45) is 0. The van der Waals surface area contributed by atoms with Crippen molar-refractivity contribution in [3.8, 4) is 22.6 Å². The molecule has 76 valence electrons. The number of halogens is 1. The molecular formula is C12H9BrO2. The molecule has 2 nitrogen and oxygen atoms in total. The van der Waals surface area contributed by atoms with E-state index < -0.39 is 0 Å². The number of phenols is 2. The lowest BCUT2D eigenvalue weighted by Crippen LogP contribution is -1.80. The van der Waals surface area contributed by atoms with Gasteiger partial charge in [-0.15, -0.1) is 0 Å². The van der Waals surface area contributed by atoms with Gasteiger partial charge >= 0.3 is 0 Å². The summed E-state index contributed by atoms with van der Waals surface area (Å²) in [5.74, 6) is 0.126. The van der Waals surface area contributed by atoms with Gasteiger partial charge in [-0.25, -0.2) is 0 Å². The van der Waals surface area contributed by atoms with Gasteiger partial charge in [-0.05, 0) is 17.7 Å². The van der Waals surface area contributed by atoms with E-state index in [0.717, 1.165) is 5.56 Å². The molecule has 0 aliphatic heterocycles. The topological polar surface area (TPSA) is 40.5 Å². The minimum atomic E-state index is 0.0630. The Morgan fingerprint density at radius 2 is 1.40 bits per heavy atom. The van der Waals surface area contributed by atoms with Crippen LogP contribution in [0.2, 0.25) is 0 Å². The van der Waals surface area contributed by atoms with Crippen LogP contribution in [0.25, 0.3) is 11.1 Å². The summed E-state index contributed by atoms with van der Waals surface area (Å²) < 4.78 is 0.650. The molecule has 0 spiro atoms. The molecule has 0 atom stereocenters. The van der Waals surface area contributed by atoms with Crippen molar-refractivity contribution < 1.29 is 10.2 Å². The van der Waals surface area contributed by atoms with Gasteiger partial charge in [0, 0.05) is 4.47 Å². The largest absolute Gasteiger partial charge is 0.507 e. The van der Waals surface area contributed by atoms with E-state index in [2.05, 4.69) is 15.9 Å². The van der Waals surface area contributed by atoms with Gasteiger partial charge in [0.1, 0.15) is 11.5 Å². The van der Waals surface area contributed by atoms with Crippen LogP contribution in [0.5, 0.6) is 11.5 Å². The number of rotatable bonds is 1. The second-order valence-electron chi connectivity index (χ2n) is 3.19. The van der Waals surface area contributed by atoms with Crippen molar-refractivity contribution in [1.29, 1.82) is 0 Å². The smallest absolute Gasteiger partial charge is 0.128 e. The molecule has 2 aromatic carbocycles. The first-order valence-electron chi connectivity index (χ1n) is 4.45. The Bertz CT molecular complexity index is 457. The molecule has 0 heterocycles. The van der Waals surface area contributed by atoms with Gasteiger partial charge in [0.05, 0.1) is 5.56 Å². The maximum atomic E-state index is 9.74. The summed E-state index contributed by atoms with van der Waals surface area (Å²) in [5, 5.41) is 19.5. The average Bonchev–Trinajstić information content (AvgIpc) is 2.17. The highest BCUT2D eigenvalue weighted by molar-refractivity contribution is 9.10. The van der Waals surface area contributed by atoms with Crippen molar-refractivity contribution in [3.05, 3.63) is 46.9 Å². The SMILES string of the molecule is Oc1cc(Br)cc(O)c1-c1ccccc1. The van der Waals surface area contributed by atoms with E-state index in [9.17, 15) is 10.2 Å². The standard InChI is InChI=1S/C12H9BrO2/c13-9-6-10(14)12(11(15)7-9)8-4-2-1-3-5-8/h1-7,14-15H. The molecule has 0 aromatic heterocycles. The number of hydrogen-bond acceptors (Lipinski definition) is 2. The lowest BCUT2D eigenvalue weighted by atomic mass is 10.0. The molecule has 0 aliphatic rings. The van der Waals surface area contributed by atoms with E-state index in [1.807, 2.05) is 30.3 Å². The Kier molecular flexibility index (Phi) is 2.64. The fourth-order valence-electron chi connectivity index (χ4n) is 1.48. The van der Waals surface area contributed by atoms with Gasteiger partial charge in [0.2, 0.25) is 0 Å². The Morgan fingerprint density at radius 3 is 1.93 bits per heavy atom. The minimum absolute atomic E-state index is 0.0630. The van der Waals surface area contributed by atoms with Gasteiger partial charge in [-0.1, -0.05) is 46.3 Å². The molecular weight excluding hydrogens is 256 g/mol. The first-order valence-corrected chi connectivity index (χ1v) is 5.24. The zero-order chi connectivity index (χ0) is 10.8. The van der Waals surface area contributed by atoms with Crippen LogP contribution >= 0.6 is 15.9 Å². The molecule has 0 amide bonds. The third kappa shape index (κ3) is 1.97. The van der Waals surface area contributed by atoms with Crippen LogP contribution in [0.1, 0.15) is 0 Å². The quantitative estimate of drug-likeness (QED) is 0.828. The van der Waals surface area contributed by atoms with Crippen LogP contribution in [-0.2, 0) is 0 Å². The Balaban J connectivity index is 2.64. The van der Waals surface area contributed by atoms with Gasteiger partial charge in [-0.2, -0.15) is 0 Å². The van der Waals surface area contributed by atoms with E-state index in [1.165, 1.54) is 0 Å². The lowest BCUT2D eigenvalue weighted by Gasteiger charge is -2.07. The van der Waals surface area contributed by atoms with Crippen LogP contribution in [0, 0.1) is 0 Å².